The average molecular weight is 375 g/mol. The second kappa shape index (κ2) is 7.42. The Hall–Kier alpha value is -2.83. The normalized spacial score (nSPS) is 16.2. The van der Waals surface area contributed by atoms with Crippen LogP contribution in [-0.4, -0.2) is 42.1 Å². The number of piperidine rings is 1. The number of carboxylic acid groups (broad SMARTS) is 1. The van der Waals surface area contributed by atoms with Gasteiger partial charge < -0.3 is 19.2 Å². The lowest BCUT2D eigenvalue weighted by Crippen LogP contribution is -2.43. The Labute approximate surface area is 156 Å². The fourth-order valence-electron chi connectivity index (χ4n) is 3.47. The highest BCUT2D eigenvalue weighted by Gasteiger charge is 2.38. The lowest BCUT2D eigenvalue weighted by Gasteiger charge is -2.37. The summed E-state index contributed by atoms with van der Waals surface area (Å²) in [6.07, 6.45) is 1.35. The molecule has 0 saturated carbocycles. The molecule has 1 N–H and O–H groups in total. The number of carbonyl (C=O) groups is 2. The van der Waals surface area contributed by atoms with Gasteiger partial charge in [0, 0.05) is 31.5 Å². The number of halogens is 1. The lowest BCUT2D eigenvalue weighted by molar-refractivity contribution is -0.136. The predicted octanol–water partition coefficient (Wildman–Crippen LogP) is 3.32. The molecule has 2 aromatic rings. The molecule has 1 amide bonds. The average Bonchev–Trinajstić information content (AvgIpc) is 3.01. The van der Waals surface area contributed by atoms with Gasteiger partial charge in [0.15, 0.2) is 0 Å². The first-order valence-corrected chi connectivity index (χ1v) is 8.75. The molecule has 0 radical (unpaired) electrons. The van der Waals surface area contributed by atoms with E-state index < -0.39 is 11.6 Å². The van der Waals surface area contributed by atoms with Gasteiger partial charge in [-0.25, -0.2) is 4.39 Å². The molecule has 1 aliphatic heterocycles. The maximum Gasteiger partial charge on any atom is 0.311 e. The number of aliphatic carboxylic acids is 1. The number of ether oxygens (including phenoxy) is 1. The maximum atomic E-state index is 15.4. The van der Waals surface area contributed by atoms with Crippen molar-refractivity contribution in [2.75, 3.05) is 20.2 Å². The van der Waals surface area contributed by atoms with Gasteiger partial charge in [-0.05, 0) is 24.6 Å². The largest absolute Gasteiger partial charge is 0.497 e. The number of carboxylic acids is 1. The summed E-state index contributed by atoms with van der Waals surface area (Å²) in [7, 11) is 1.53. The molecule has 0 unspecified atom stereocenters. The van der Waals surface area contributed by atoms with Crippen molar-refractivity contribution in [2.45, 2.75) is 31.9 Å². The number of furan rings is 1. The van der Waals surface area contributed by atoms with Crippen LogP contribution in [0.5, 0.6) is 5.75 Å². The van der Waals surface area contributed by atoms with E-state index in [1.165, 1.54) is 13.4 Å². The van der Waals surface area contributed by atoms with Crippen LogP contribution in [-0.2, 0) is 16.9 Å². The molecule has 3 rings (SSSR count). The molecule has 7 heteroatoms. The van der Waals surface area contributed by atoms with E-state index in [0.717, 1.165) is 0 Å². The third-order valence-electron chi connectivity index (χ3n) is 5.01. The minimum atomic E-state index is -1.53. The van der Waals surface area contributed by atoms with Gasteiger partial charge in [-0.2, -0.15) is 0 Å². The fourth-order valence-corrected chi connectivity index (χ4v) is 3.47. The molecule has 0 aliphatic carbocycles. The number of methoxy groups -OCH3 is 1. The molecule has 1 aliphatic rings. The molecule has 1 saturated heterocycles. The SMILES string of the molecule is COc1cccc(C2(F)CCN(C(=O)c3c(C)coc3CC(=O)O)CC2)c1. The summed E-state index contributed by atoms with van der Waals surface area (Å²) in [6, 6.07) is 6.92. The van der Waals surface area contributed by atoms with Crippen molar-refractivity contribution in [3.05, 3.63) is 53.0 Å². The van der Waals surface area contributed by atoms with Crippen LogP contribution in [0.4, 0.5) is 4.39 Å². The summed E-state index contributed by atoms with van der Waals surface area (Å²) in [4.78, 5) is 25.4. The zero-order chi connectivity index (χ0) is 19.6. The number of likely N-dealkylation sites (tertiary alicyclic amines) is 1. The van der Waals surface area contributed by atoms with Crippen molar-refractivity contribution in [3.8, 4) is 5.75 Å². The molecule has 1 aromatic heterocycles. The number of nitrogens with zero attached hydrogens (tertiary/aromatic N) is 1. The Morgan fingerprint density at radius 3 is 2.67 bits per heavy atom. The van der Waals surface area contributed by atoms with Gasteiger partial charge >= 0.3 is 5.97 Å². The van der Waals surface area contributed by atoms with Crippen LogP contribution in [0, 0.1) is 6.92 Å². The molecule has 1 fully saturated rings. The molecule has 6 nitrogen and oxygen atoms in total. The van der Waals surface area contributed by atoms with E-state index in [9.17, 15) is 9.59 Å². The number of alkyl halides is 1. The van der Waals surface area contributed by atoms with Crippen molar-refractivity contribution >= 4 is 11.9 Å². The van der Waals surface area contributed by atoms with Crippen molar-refractivity contribution in [1.82, 2.24) is 4.90 Å². The minimum Gasteiger partial charge on any atom is -0.497 e. The fraction of sp³-hybridized carbons (Fsp3) is 0.400. The van der Waals surface area contributed by atoms with Gasteiger partial charge in [-0.1, -0.05) is 12.1 Å². The number of carbonyl (C=O) groups excluding carboxylic acids is 1. The monoisotopic (exact) mass is 375 g/mol. The third kappa shape index (κ3) is 3.82. The van der Waals surface area contributed by atoms with Crippen LogP contribution in [0.15, 0.2) is 34.9 Å². The molecule has 1 aromatic carbocycles. The molecule has 0 atom stereocenters. The molecule has 2 heterocycles. The first kappa shape index (κ1) is 18.9. The Morgan fingerprint density at radius 1 is 1.33 bits per heavy atom. The summed E-state index contributed by atoms with van der Waals surface area (Å²) in [6.45, 7) is 2.18. The van der Waals surface area contributed by atoms with Crippen molar-refractivity contribution in [1.29, 1.82) is 0 Å². The Morgan fingerprint density at radius 2 is 2.04 bits per heavy atom. The van der Waals surface area contributed by atoms with Crippen LogP contribution in [0.25, 0.3) is 0 Å². The standard InChI is InChI=1S/C20H22FNO5/c1-13-12-27-16(11-17(23)24)18(13)19(25)22-8-6-20(21,7-9-22)14-4-3-5-15(10-14)26-2/h3-5,10,12H,6-9,11H2,1-2H3,(H,23,24). The highest BCUT2D eigenvalue weighted by molar-refractivity contribution is 5.97. The Bertz CT molecular complexity index is 852. The zero-order valence-electron chi connectivity index (χ0n) is 15.3. The van der Waals surface area contributed by atoms with Crippen LogP contribution in [0.3, 0.4) is 0 Å². The van der Waals surface area contributed by atoms with Gasteiger partial charge in [0.05, 0.1) is 18.9 Å². The number of hydrogen-bond donors (Lipinski definition) is 1. The van der Waals surface area contributed by atoms with Gasteiger partial charge in [-0.15, -0.1) is 0 Å². The van der Waals surface area contributed by atoms with Crippen LogP contribution >= 0.6 is 0 Å². The van der Waals surface area contributed by atoms with E-state index in [4.69, 9.17) is 14.3 Å². The van der Waals surface area contributed by atoms with E-state index in [2.05, 4.69) is 0 Å². The van der Waals surface area contributed by atoms with E-state index in [1.807, 2.05) is 0 Å². The van der Waals surface area contributed by atoms with E-state index in [0.29, 0.717) is 16.9 Å². The van der Waals surface area contributed by atoms with Crippen LogP contribution in [0.1, 0.15) is 40.1 Å². The van der Waals surface area contributed by atoms with E-state index >= 15 is 4.39 Å². The Balaban J connectivity index is 1.75. The first-order valence-electron chi connectivity index (χ1n) is 8.75. The van der Waals surface area contributed by atoms with Crippen molar-refractivity contribution in [2.24, 2.45) is 0 Å². The number of amides is 1. The second-order valence-electron chi connectivity index (χ2n) is 6.78. The van der Waals surface area contributed by atoms with Gasteiger partial charge in [-0.3, -0.25) is 9.59 Å². The summed E-state index contributed by atoms with van der Waals surface area (Å²) in [5, 5.41) is 8.99. The number of aryl methyl sites for hydroxylation is 1. The number of hydrogen-bond acceptors (Lipinski definition) is 4. The third-order valence-corrected chi connectivity index (χ3v) is 5.01. The molecule has 0 bridgehead atoms. The smallest absolute Gasteiger partial charge is 0.311 e. The molecule has 144 valence electrons. The highest BCUT2D eigenvalue weighted by Crippen LogP contribution is 2.38. The van der Waals surface area contributed by atoms with Gasteiger partial charge in [0.25, 0.3) is 5.91 Å². The topological polar surface area (TPSA) is 80.0 Å². The summed E-state index contributed by atoms with van der Waals surface area (Å²) in [5.74, 6) is -0.659. The van der Waals surface area contributed by atoms with Gasteiger partial charge in [0.2, 0.25) is 0 Å². The van der Waals surface area contributed by atoms with Gasteiger partial charge in [0.1, 0.15) is 23.6 Å². The summed E-state index contributed by atoms with van der Waals surface area (Å²) in [5.41, 5.74) is -0.132. The predicted molar refractivity (Wildman–Crippen MR) is 95.7 cm³/mol. The quantitative estimate of drug-likeness (QED) is 0.867. The summed E-state index contributed by atoms with van der Waals surface area (Å²) >= 11 is 0. The van der Waals surface area contributed by atoms with Crippen LogP contribution in [0.2, 0.25) is 0 Å². The van der Waals surface area contributed by atoms with Crippen molar-refractivity contribution in [3.63, 3.8) is 0 Å². The molecule has 27 heavy (non-hydrogen) atoms. The summed E-state index contributed by atoms with van der Waals surface area (Å²) < 4.78 is 25.8. The number of benzene rings is 1. The number of rotatable bonds is 5. The molecular formula is C20H22FNO5. The maximum absolute atomic E-state index is 15.4. The molecular weight excluding hydrogens is 353 g/mol. The second-order valence-corrected chi connectivity index (χ2v) is 6.78. The van der Waals surface area contributed by atoms with E-state index in [-0.39, 0.29) is 49.6 Å². The van der Waals surface area contributed by atoms with E-state index in [1.54, 1.807) is 36.1 Å². The highest BCUT2D eigenvalue weighted by atomic mass is 19.1. The Kier molecular flexibility index (Phi) is 5.21. The zero-order valence-corrected chi connectivity index (χ0v) is 15.3. The minimum absolute atomic E-state index is 0.134. The first-order chi connectivity index (χ1) is 12.8. The lowest BCUT2D eigenvalue weighted by atomic mass is 9.86. The van der Waals surface area contributed by atoms with Crippen LogP contribution < -0.4 is 4.74 Å². The van der Waals surface area contributed by atoms with Crippen molar-refractivity contribution < 1.29 is 28.2 Å². The molecule has 0 spiro atoms.